The lowest BCUT2D eigenvalue weighted by molar-refractivity contribution is -0.383. The van der Waals surface area contributed by atoms with Crippen molar-refractivity contribution in [2.45, 2.75) is 20.0 Å². The number of piperazine rings is 1. The predicted molar refractivity (Wildman–Crippen MR) is 93.5 cm³/mol. The maximum absolute atomic E-state index is 11.3. The number of β-amino-alcohol motifs (C(OH)–C–C–N with tert-alkyl or cyclic N) is 1. The van der Waals surface area contributed by atoms with Crippen molar-refractivity contribution in [1.29, 1.82) is 0 Å². The summed E-state index contributed by atoms with van der Waals surface area (Å²) in [7, 11) is 0. The van der Waals surface area contributed by atoms with E-state index in [0.29, 0.717) is 12.1 Å². The number of hydrogen-bond donors (Lipinski definition) is 1. The molecule has 128 valence electrons. The maximum atomic E-state index is 11.3. The van der Waals surface area contributed by atoms with Crippen molar-refractivity contribution in [2.75, 3.05) is 37.6 Å². The quantitative estimate of drug-likeness (QED) is 0.681. The Labute approximate surface area is 140 Å². The van der Waals surface area contributed by atoms with E-state index in [0.717, 1.165) is 42.9 Å². The number of aliphatic hydroxyl groups excluding tert-OH is 1. The summed E-state index contributed by atoms with van der Waals surface area (Å²) in [4.78, 5) is 19.8. The number of aromatic nitrogens is 1. The largest absolute Gasteiger partial charge is 0.392 e. The third-order valence-corrected chi connectivity index (χ3v) is 4.36. The molecule has 0 bridgehead atoms. The van der Waals surface area contributed by atoms with Gasteiger partial charge in [-0.15, -0.1) is 0 Å². The highest BCUT2D eigenvalue weighted by atomic mass is 16.6. The van der Waals surface area contributed by atoms with Crippen molar-refractivity contribution in [1.82, 2.24) is 9.88 Å². The van der Waals surface area contributed by atoms with E-state index in [2.05, 4.69) is 14.8 Å². The Morgan fingerprint density at radius 3 is 2.67 bits per heavy atom. The van der Waals surface area contributed by atoms with Crippen LogP contribution in [-0.2, 0) is 0 Å². The molecule has 0 amide bonds. The first-order chi connectivity index (χ1) is 11.5. The predicted octanol–water partition coefficient (Wildman–Crippen LogP) is 1.95. The molecule has 1 fully saturated rings. The van der Waals surface area contributed by atoms with Crippen LogP contribution in [0, 0.1) is 17.0 Å². The van der Waals surface area contributed by atoms with E-state index in [1.807, 2.05) is 19.1 Å². The Kier molecular flexibility index (Phi) is 4.64. The van der Waals surface area contributed by atoms with Crippen LogP contribution in [0.5, 0.6) is 0 Å². The number of non-ortho nitro benzene ring substituents is 1. The minimum atomic E-state index is -0.376. The number of anilines is 1. The topological polar surface area (TPSA) is 82.7 Å². The van der Waals surface area contributed by atoms with Crippen molar-refractivity contribution in [2.24, 2.45) is 0 Å². The summed E-state index contributed by atoms with van der Waals surface area (Å²) in [6, 6.07) is 7.10. The Morgan fingerprint density at radius 2 is 2.04 bits per heavy atom. The fraction of sp³-hybridized carbons (Fsp3) is 0.471. The molecule has 1 N–H and O–H groups in total. The summed E-state index contributed by atoms with van der Waals surface area (Å²) in [5, 5.41) is 21.6. The lowest BCUT2D eigenvalue weighted by atomic mass is 10.1. The van der Waals surface area contributed by atoms with Gasteiger partial charge in [0.25, 0.3) is 5.69 Å². The van der Waals surface area contributed by atoms with Gasteiger partial charge in [-0.3, -0.25) is 15.0 Å². The van der Waals surface area contributed by atoms with Crippen LogP contribution in [-0.4, -0.2) is 58.7 Å². The molecular formula is C17H22N4O3. The van der Waals surface area contributed by atoms with Crippen LogP contribution in [0.25, 0.3) is 10.9 Å². The number of pyridine rings is 1. The lowest BCUT2D eigenvalue weighted by Gasteiger charge is -2.37. The van der Waals surface area contributed by atoms with Gasteiger partial charge in [-0.2, -0.15) is 0 Å². The molecule has 0 unspecified atom stereocenters. The Balaban J connectivity index is 1.93. The molecular weight excluding hydrogens is 308 g/mol. The molecule has 24 heavy (non-hydrogen) atoms. The molecule has 1 aliphatic heterocycles. The molecule has 7 nitrogen and oxygen atoms in total. The molecule has 7 heteroatoms. The standard InChI is InChI=1S/C17H22N4O3/c1-12-10-16(20-8-6-19(7-9-20)11-13(2)22)14-4-3-5-15(21(23)24)17(14)18-12/h3-5,10,13,22H,6-9,11H2,1-2H3/t13-/m1/s1. The molecule has 0 saturated carbocycles. The van der Waals surface area contributed by atoms with Crippen LogP contribution >= 0.6 is 0 Å². The third kappa shape index (κ3) is 3.32. The summed E-state index contributed by atoms with van der Waals surface area (Å²) < 4.78 is 0. The summed E-state index contributed by atoms with van der Waals surface area (Å²) in [6.45, 7) is 7.72. The number of aryl methyl sites for hydroxylation is 1. The van der Waals surface area contributed by atoms with Crippen molar-refractivity contribution in [3.05, 3.63) is 40.1 Å². The monoisotopic (exact) mass is 330 g/mol. The van der Waals surface area contributed by atoms with E-state index in [1.165, 1.54) is 6.07 Å². The van der Waals surface area contributed by atoms with Crippen LogP contribution in [0.4, 0.5) is 11.4 Å². The number of nitro benzene ring substituents is 1. The van der Waals surface area contributed by atoms with Gasteiger partial charge < -0.3 is 10.0 Å². The number of rotatable bonds is 4. The Bertz CT molecular complexity index is 755. The van der Waals surface area contributed by atoms with Gasteiger partial charge >= 0.3 is 0 Å². The first kappa shape index (κ1) is 16.6. The van der Waals surface area contributed by atoms with Crippen LogP contribution in [0.1, 0.15) is 12.6 Å². The summed E-state index contributed by atoms with van der Waals surface area (Å²) in [5.74, 6) is 0. The second-order valence-corrected chi connectivity index (χ2v) is 6.35. The first-order valence-corrected chi connectivity index (χ1v) is 8.16. The summed E-state index contributed by atoms with van der Waals surface area (Å²) >= 11 is 0. The second kappa shape index (κ2) is 6.70. The highest BCUT2D eigenvalue weighted by Gasteiger charge is 2.22. The number of nitrogens with zero attached hydrogens (tertiary/aromatic N) is 4. The van der Waals surface area contributed by atoms with Crippen LogP contribution < -0.4 is 4.90 Å². The lowest BCUT2D eigenvalue weighted by Crippen LogP contribution is -2.48. The normalized spacial score (nSPS) is 17.2. The van der Waals surface area contributed by atoms with E-state index >= 15 is 0 Å². The average Bonchev–Trinajstić information content (AvgIpc) is 2.53. The zero-order chi connectivity index (χ0) is 17.3. The zero-order valence-corrected chi connectivity index (χ0v) is 14.0. The van der Waals surface area contributed by atoms with E-state index in [1.54, 1.807) is 13.0 Å². The fourth-order valence-corrected chi connectivity index (χ4v) is 3.29. The van der Waals surface area contributed by atoms with Crippen LogP contribution in [0.3, 0.4) is 0 Å². The zero-order valence-electron chi connectivity index (χ0n) is 14.0. The van der Waals surface area contributed by atoms with Crippen molar-refractivity contribution >= 4 is 22.3 Å². The van der Waals surface area contributed by atoms with Gasteiger partial charge in [-0.25, -0.2) is 4.98 Å². The molecule has 2 aromatic rings. The highest BCUT2D eigenvalue weighted by molar-refractivity contribution is 5.97. The van der Waals surface area contributed by atoms with Crippen molar-refractivity contribution in [3.8, 4) is 0 Å². The summed E-state index contributed by atoms with van der Waals surface area (Å²) in [6.07, 6.45) is -0.330. The second-order valence-electron chi connectivity index (χ2n) is 6.35. The summed E-state index contributed by atoms with van der Waals surface area (Å²) in [5.41, 5.74) is 2.27. The molecule has 1 atom stereocenters. The van der Waals surface area contributed by atoms with Gasteiger partial charge in [-0.1, -0.05) is 12.1 Å². The number of fused-ring (bicyclic) bond motifs is 1. The SMILES string of the molecule is Cc1cc(N2CCN(C[C@@H](C)O)CC2)c2cccc([N+](=O)[O-])c2n1. The van der Waals surface area contributed by atoms with Gasteiger partial charge in [0.1, 0.15) is 0 Å². The molecule has 0 aliphatic carbocycles. The molecule has 1 aliphatic rings. The van der Waals surface area contributed by atoms with Crippen LogP contribution in [0.15, 0.2) is 24.3 Å². The molecule has 1 saturated heterocycles. The maximum Gasteiger partial charge on any atom is 0.295 e. The Hall–Kier alpha value is -2.25. The third-order valence-electron chi connectivity index (χ3n) is 4.36. The first-order valence-electron chi connectivity index (χ1n) is 8.16. The fourth-order valence-electron chi connectivity index (χ4n) is 3.29. The van der Waals surface area contributed by atoms with E-state index in [4.69, 9.17) is 0 Å². The van der Waals surface area contributed by atoms with Crippen molar-refractivity contribution in [3.63, 3.8) is 0 Å². The average molecular weight is 330 g/mol. The minimum absolute atomic E-state index is 0.0465. The smallest absolute Gasteiger partial charge is 0.295 e. The number of benzene rings is 1. The van der Waals surface area contributed by atoms with Crippen LogP contribution in [0.2, 0.25) is 0 Å². The molecule has 0 radical (unpaired) electrons. The van der Waals surface area contributed by atoms with Gasteiger partial charge in [0, 0.05) is 55.6 Å². The molecule has 1 aromatic heterocycles. The van der Waals surface area contributed by atoms with Gasteiger partial charge in [0.05, 0.1) is 11.0 Å². The number of nitro groups is 1. The van der Waals surface area contributed by atoms with Gasteiger partial charge in [0.2, 0.25) is 0 Å². The van der Waals surface area contributed by atoms with E-state index < -0.39 is 0 Å². The van der Waals surface area contributed by atoms with Gasteiger partial charge in [-0.05, 0) is 19.9 Å². The Morgan fingerprint density at radius 1 is 1.33 bits per heavy atom. The minimum Gasteiger partial charge on any atom is -0.392 e. The van der Waals surface area contributed by atoms with E-state index in [9.17, 15) is 15.2 Å². The van der Waals surface area contributed by atoms with Crippen molar-refractivity contribution < 1.29 is 10.0 Å². The number of para-hydroxylation sites is 1. The molecule has 2 heterocycles. The number of hydrogen-bond acceptors (Lipinski definition) is 6. The molecule has 3 rings (SSSR count). The highest BCUT2D eigenvalue weighted by Crippen LogP contribution is 2.32. The van der Waals surface area contributed by atoms with Gasteiger partial charge in [0.15, 0.2) is 5.52 Å². The van der Waals surface area contributed by atoms with E-state index in [-0.39, 0.29) is 16.7 Å². The molecule has 0 spiro atoms. The molecule has 1 aromatic carbocycles. The number of aliphatic hydroxyl groups is 1.